The number of nitrogens with two attached hydrogens (primary N) is 1. The first-order valence-electron chi connectivity index (χ1n) is 13.7. The highest BCUT2D eigenvalue weighted by Crippen LogP contribution is 2.44. The lowest BCUT2D eigenvalue weighted by Gasteiger charge is -2.10. The van der Waals surface area contributed by atoms with E-state index < -0.39 is 73.7 Å². The summed E-state index contributed by atoms with van der Waals surface area (Å²) in [6.07, 6.45) is 0. The Kier molecular flexibility index (Phi) is 8.17. The van der Waals surface area contributed by atoms with E-state index in [0.29, 0.717) is 0 Å². The molecule has 17 nitrogen and oxygen atoms in total. The van der Waals surface area contributed by atoms with E-state index >= 15 is 0 Å². The predicted octanol–water partition coefficient (Wildman–Crippen LogP) is 6.42. The first kappa shape index (κ1) is 34.1. The molecule has 0 aliphatic heterocycles. The summed E-state index contributed by atoms with van der Waals surface area (Å²) in [6, 6.07) is 15.8. The maximum atomic E-state index is 12.4. The third-order valence-electron chi connectivity index (χ3n) is 7.38. The molecular formula is C30H21N5O12S3. The maximum absolute atomic E-state index is 12.4. The second kappa shape index (κ2) is 12.0. The van der Waals surface area contributed by atoms with Crippen LogP contribution >= 0.6 is 0 Å². The van der Waals surface area contributed by atoms with Crippen molar-refractivity contribution in [3.63, 3.8) is 0 Å². The van der Waals surface area contributed by atoms with E-state index in [0.717, 1.165) is 24.3 Å². The van der Waals surface area contributed by atoms with Gasteiger partial charge >= 0.3 is 0 Å². The Bertz CT molecular complexity index is 2840. The third-order valence-corrected chi connectivity index (χ3v) is 9.95. The van der Waals surface area contributed by atoms with E-state index in [2.05, 4.69) is 20.5 Å². The van der Waals surface area contributed by atoms with E-state index in [9.17, 15) is 54.2 Å². The largest absolute Gasteiger partial charge is 0.507 e. The lowest BCUT2D eigenvalue weighted by Crippen LogP contribution is -1.99. The zero-order chi connectivity index (χ0) is 36.3. The fourth-order valence-corrected chi connectivity index (χ4v) is 6.94. The van der Waals surface area contributed by atoms with Crippen molar-refractivity contribution in [1.82, 2.24) is 0 Å². The number of hydrogen-bond donors (Lipinski definition) is 7. The van der Waals surface area contributed by atoms with Gasteiger partial charge in [-0.2, -0.15) is 35.5 Å². The number of azo groups is 2. The third kappa shape index (κ3) is 6.48. The highest BCUT2D eigenvalue weighted by molar-refractivity contribution is 7.86. The quantitative estimate of drug-likeness (QED) is 0.0529. The summed E-state index contributed by atoms with van der Waals surface area (Å²) >= 11 is 0. The minimum absolute atomic E-state index is 0.00367. The second-order valence-corrected chi connectivity index (χ2v) is 14.9. The molecule has 0 fully saturated rings. The molecule has 0 unspecified atom stereocenters. The molecule has 256 valence electrons. The predicted molar refractivity (Wildman–Crippen MR) is 179 cm³/mol. The Labute approximate surface area is 281 Å². The van der Waals surface area contributed by atoms with Crippen LogP contribution in [0.5, 0.6) is 17.2 Å². The van der Waals surface area contributed by atoms with Gasteiger partial charge in [-0.05, 0) is 82.9 Å². The zero-order valence-corrected chi connectivity index (χ0v) is 27.2. The number of anilines is 1. The van der Waals surface area contributed by atoms with Crippen molar-refractivity contribution >= 4 is 91.1 Å². The Balaban J connectivity index is 1.42. The maximum Gasteiger partial charge on any atom is 0.296 e. The second-order valence-electron chi connectivity index (χ2n) is 10.7. The molecule has 0 atom stereocenters. The normalized spacial score (nSPS) is 12.9. The van der Waals surface area contributed by atoms with Crippen LogP contribution in [0.3, 0.4) is 0 Å². The molecule has 6 aromatic rings. The molecule has 6 rings (SSSR count). The molecule has 0 heterocycles. The molecule has 0 saturated heterocycles. The van der Waals surface area contributed by atoms with Gasteiger partial charge in [-0.15, -0.1) is 10.2 Å². The Morgan fingerprint density at radius 2 is 0.980 bits per heavy atom. The molecule has 0 aliphatic carbocycles. The van der Waals surface area contributed by atoms with Gasteiger partial charge in [0.15, 0.2) is 11.5 Å². The molecule has 6 aromatic carbocycles. The SMILES string of the molecule is Nc1ccc2c(O)c(N=Nc3ccc4c(O)c(N=Nc5ccc6cc(S(=O)(=O)O)cc(O)c6c5)c(S(=O)(=O)O)cc4c3)c(S(=O)(=O)O)cc2c1. The lowest BCUT2D eigenvalue weighted by molar-refractivity contribution is 0.470. The molecule has 0 bridgehead atoms. The summed E-state index contributed by atoms with van der Waals surface area (Å²) in [7, 11) is -14.6. The number of hydrogen-bond acceptors (Lipinski definition) is 14. The molecule has 0 spiro atoms. The highest BCUT2D eigenvalue weighted by atomic mass is 32.2. The monoisotopic (exact) mass is 739 g/mol. The molecule has 50 heavy (non-hydrogen) atoms. The fourth-order valence-electron chi connectivity index (χ4n) is 5.08. The van der Waals surface area contributed by atoms with Gasteiger partial charge in [-0.1, -0.05) is 6.07 Å². The number of phenolic OH excluding ortho intramolecular Hbond substituents is 3. The molecule has 0 radical (unpaired) electrons. The summed E-state index contributed by atoms with van der Waals surface area (Å²) in [5, 5.41) is 48.2. The molecule has 0 saturated carbocycles. The van der Waals surface area contributed by atoms with Gasteiger partial charge in [0, 0.05) is 27.9 Å². The van der Waals surface area contributed by atoms with Crippen molar-refractivity contribution in [2.75, 3.05) is 5.73 Å². The summed E-state index contributed by atoms with van der Waals surface area (Å²) < 4.78 is 101. The van der Waals surface area contributed by atoms with Crippen LogP contribution in [0.2, 0.25) is 0 Å². The molecule has 8 N–H and O–H groups in total. The minimum Gasteiger partial charge on any atom is -0.507 e. The van der Waals surface area contributed by atoms with Crippen molar-refractivity contribution in [2.24, 2.45) is 20.5 Å². The van der Waals surface area contributed by atoms with Gasteiger partial charge < -0.3 is 21.1 Å². The lowest BCUT2D eigenvalue weighted by atomic mass is 10.1. The first-order valence-corrected chi connectivity index (χ1v) is 18.0. The minimum atomic E-state index is -5.06. The van der Waals surface area contributed by atoms with Crippen LogP contribution in [-0.4, -0.2) is 54.2 Å². The fraction of sp³-hybridized carbons (Fsp3) is 0. The molecule has 0 amide bonds. The number of nitrogens with zero attached hydrogens (tertiary/aromatic N) is 4. The van der Waals surface area contributed by atoms with Crippen LogP contribution in [0.1, 0.15) is 0 Å². The molecule has 0 aliphatic rings. The van der Waals surface area contributed by atoms with Crippen molar-refractivity contribution < 1.29 is 54.2 Å². The van der Waals surface area contributed by atoms with E-state index in [4.69, 9.17) is 5.73 Å². The van der Waals surface area contributed by atoms with Gasteiger partial charge in [0.2, 0.25) is 0 Å². The van der Waals surface area contributed by atoms with E-state index in [1.54, 1.807) is 0 Å². The topological polar surface area (TPSA) is 299 Å². The zero-order valence-electron chi connectivity index (χ0n) is 24.7. The Morgan fingerprint density at radius 3 is 1.52 bits per heavy atom. The summed E-state index contributed by atoms with van der Waals surface area (Å²) in [5.74, 6) is -1.89. The van der Waals surface area contributed by atoms with E-state index in [1.807, 2.05) is 0 Å². The van der Waals surface area contributed by atoms with Gasteiger partial charge in [-0.3, -0.25) is 13.7 Å². The van der Waals surface area contributed by atoms with Crippen LogP contribution < -0.4 is 5.73 Å². The average molecular weight is 740 g/mol. The summed E-state index contributed by atoms with van der Waals surface area (Å²) in [5.41, 5.74) is 4.69. The van der Waals surface area contributed by atoms with Gasteiger partial charge in [-0.25, -0.2) is 0 Å². The van der Waals surface area contributed by atoms with Gasteiger partial charge in [0.25, 0.3) is 30.4 Å². The number of fused-ring (bicyclic) bond motifs is 3. The van der Waals surface area contributed by atoms with Crippen molar-refractivity contribution in [2.45, 2.75) is 14.7 Å². The molecule has 20 heteroatoms. The summed E-state index contributed by atoms with van der Waals surface area (Å²) in [4.78, 5) is -2.20. The Morgan fingerprint density at radius 1 is 0.480 bits per heavy atom. The Hall–Kier alpha value is -5.77. The standard InChI is InChI=1S/C30H21N5O12S3/c31-17-2-5-21-15(7-17)10-25(49(42,43)44)27(29(21)37)34-32-18-4-6-22-16(8-18)11-26(50(45,46)47)28(30(22)38)35-33-19-3-1-14-9-20(48(39,40)41)13-24(36)23(14)12-19/h1-13,36-38H,31H2,(H,39,40,41)(H,42,43,44)(H,45,46,47). The van der Waals surface area contributed by atoms with Gasteiger partial charge in [0.05, 0.1) is 16.3 Å². The number of benzene rings is 6. The number of aromatic hydroxyl groups is 3. The van der Waals surface area contributed by atoms with E-state index in [-0.39, 0.29) is 49.4 Å². The first-order chi connectivity index (χ1) is 23.3. The van der Waals surface area contributed by atoms with Crippen LogP contribution in [-0.2, 0) is 30.4 Å². The van der Waals surface area contributed by atoms with E-state index in [1.165, 1.54) is 54.6 Å². The van der Waals surface area contributed by atoms with Crippen LogP contribution in [0.15, 0.2) is 114 Å². The number of nitrogen functional groups attached to an aromatic ring is 1. The number of rotatable bonds is 7. The van der Waals surface area contributed by atoms with Crippen LogP contribution in [0.25, 0.3) is 32.3 Å². The summed E-state index contributed by atoms with van der Waals surface area (Å²) in [6.45, 7) is 0. The number of phenols is 3. The van der Waals surface area contributed by atoms with Crippen LogP contribution in [0, 0.1) is 0 Å². The molecule has 0 aromatic heterocycles. The average Bonchev–Trinajstić information content (AvgIpc) is 3.02. The van der Waals surface area contributed by atoms with Gasteiger partial charge in [0.1, 0.15) is 26.9 Å². The smallest absolute Gasteiger partial charge is 0.296 e. The highest BCUT2D eigenvalue weighted by Gasteiger charge is 2.24. The van der Waals surface area contributed by atoms with Crippen molar-refractivity contribution in [3.8, 4) is 17.2 Å². The van der Waals surface area contributed by atoms with Crippen LogP contribution in [0.4, 0.5) is 28.4 Å². The van der Waals surface area contributed by atoms with Crippen molar-refractivity contribution in [3.05, 3.63) is 78.9 Å². The molecular weight excluding hydrogens is 719 g/mol. The van der Waals surface area contributed by atoms with Crippen molar-refractivity contribution in [1.29, 1.82) is 0 Å².